The highest BCUT2D eigenvalue weighted by molar-refractivity contribution is 5.70. The third-order valence-corrected chi connectivity index (χ3v) is 3.24. The second-order valence-electron chi connectivity index (χ2n) is 4.51. The standard InChI is InChI=1S/C12H15N3/c1-8-5-6-10-12(13-8)15-11(14-10)7-9-3-2-4-9/h5-6,9H,2-4,7H2,1H3,(H,13,14,15). The van der Waals surface area contributed by atoms with E-state index in [0.717, 1.165) is 35.0 Å². The molecule has 1 fully saturated rings. The predicted octanol–water partition coefficient (Wildman–Crippen LogP) is 2.61. The van der Waals surface area contributed by atoms with Crippen molar-refractivity contribution in [3.63, 3.8) is 0 Å². The smallest absolute Gasteiger partial charge is 0.177 e. The molecule has 2 heterocycles. The van der Waals surface area contributed by atoms with Gasteiger partial charge in [0.05, 0.1) is 5.52 Å². The molecule has 1 N–H and O–H groups in total. The number of nitrogens with one attached hydrogen (secondary N) is 1. The summed E-state index contributed by atoms with van der Waals surface area (Å²) in [4.78, 5) is 12.3. The topological polar surface area (TPSA) is 41.6 Å². The monoisotopic (exact) mass is 201 g/mol. The van der Waals surface area contributed by atoms with Gasteiger partial charge in [-0.15, -0.1) is 0 Å². The van der Waals surface area contributed by atoms with E-state index in [1.54, 1.807) is 0 Å². The number of rotatable bonds is 2. The van der Waals surface area contributed by atoms with Crippen LogP contribution in [-0.2, 0) is 6.42 Å². The number of pyridine rings is 1. The van der Waals surface area contributed by atoms with Crippen molar-refractivity contribution in [1.82, 2.24) is 15.0 Å². The van der Waals surface area contributed by atoms with E-state index in [1.807, 2.05) is 13.0 Å². The molecule has 0 atom stereocenters. The Balaban J connectivity index is 1.91. The van der Waals surface area contributed by atoms with E-state index in [1.165, 1.54) is 19.3 Å². The molecule has 78 valence electrons. The first kappa shape index (κ1) is 8.89. The first-order valence-electron chi connectivity index (χ1n) is 5.63. The third kappa shape index (κ3) is 1.62. The molecule has 0 bridgehead atoms. The molecule has 3 nitrogen and oxygen atoms in total. The van der Waals surface area contributed by atoms with E-state index in [0.29, 0.717) is 0 Å². The Morgan fingerprint density at radius 1 is 1.33 bits per heavy atom. The van der Waals surface area contributed by atoms with Crippen molar-refractivity contribution in [3.05, 3.63) is 23.7 Å². The first-order chi connectivity index (χ1) is 7.31. The van der Waals surface area contributed by atoms with E-state index in [2.05, 4.69) is 21.0 Å². The minimum absolute atomic E-state index is 0.853. The molecular formula is C12H15N3. The fourth-order valence-corrected chi connectivity index (χ4v) is 2.10. The van der Waals surface area contributed by atoms with Gasteiger partial charge in [0.2, 0.25) is 0 Å². The Morgan fingerprint density at radius 2 is 2.20 bits per heavy atom. The van der Waals surface area contributed by atoms with E-state index in [9.17, 15) is 0 Å². The van der Waals surface area contributed by atoms with Gasteiger partial charge in [-0.3, -0.25) is 0 Å². The van der Waals surface area contributed by atoms with Gasteiger partial charge in [0.15, 0.2) is 5.65 Å². The maximum atomic E-state index is 4.53. The molecule has 0 aliphatic heterocycles. The maximum absolute atomic E-state index is 4.53. The molecule has 1 aliphatic rings. The fourth-order valence-electron chi connectivity index (χ4n) is 2.10. The summed E-state index contributed by atoms with van der Waals surface area (Å²) in [7, 11) is 0. The molecule has 3 heteroatoms. The lowest BCUT2D eigenvalue weighted by Crippen LogP contribution is -2.14. The van der Waals surface area contributed by atoms with Gasteiger partial charge in [-0.2, -0.15) is 0 Å². The van der Waals surface area contributed by atoms with Crippen molar-refractivity contribution in [2.45, 2.75) is 32.6 Å². The number of aryl methyl sites for hydroxylation is 1. The number of aromatic nitrogens is 3. The minimum atomic E-state index is 0.853. The summed E-state index contributed by atoms with van der Waals surface area (Å²) in [6.07, 6.45) is 5.21. The SMILES string of the molecule is Cc1ccc2[nH]c(CC3CCC3)nc2n1. The molecule has 1 saturated carbocycles. The average Bonchev–Trinajstić information content (AvgIpc) is 2.53. The number of fused-ring (bicyclic) bond motifs is 1. The van der Waals surface area contributed by atoms with Crippen LogP contribution in [0.25, 0.3) is 11.2 Å². The lowest BCUT2D eigenvalue weighted by Gasteiger charge is -2.23. The molecule has 15 heavy (non-hydrogen) atoms. The van der Waals surface area contributed by atoms with Gasteiger partial charge in [0.1, 0.15) is 5.82 Å². The zero-order valence-corrected chi connectivity index (χ0v) is 8.95. The van der Waals surface area contributed by atoms with Crippen molar-refractivity contribution in [2.24, 2.45) is 5.92 Å². The summed E-state index contributed by atoms with van der Waals surface area (Å²) < 4.78 is 0. The summed E-state index contributed by atoms with van der Waals surface area (Å²) in [5.74, 6) is 1.96. The highest BCUT2D eigenvalue weighted by Gasteiger charge is 2.19. The van der Waals surface area contributed by atoms with Crippen LogP contribution in [-0.4, -0.2) is 15.0 Å². The van der Waals surface area contributed by atoms with Crippen molar-refractivity contribution >= 4 is 11.2 Å². The maximum Gasteiger partial charge on any atom is 0.177 e. The van der Waals surface area contributed by atoms with Gasteiger partial charge in [0, 0.05) is 12.1 Å². The molecule has 0 saturated heterocycles. The Hall–Kier alpha value is -1.38. The number of H-pyrrole nitrogens is 1. The molecular weight excluding hydrogens is 186 g/mol. The van der Waals surface area contributed by atoms with Crippen molar-refractivity contribution in [2.75, 3.05) is 0 Å². The highest BCUT2D eigenvalue weighted by Crippen LogP contribution is 2.29. The largest absolute Gasteiger partial charge is 0.341 e. The molecule has 1 aliphatic carbocycles. The third-order valence-electron chi connectivity index (χ3n) is 3.24. The van der Waals surface area contributed by atoms with Gasteiger partial charge >= 0.3 is 0 Å². The van der Waals surface area contributed by atoms with Gasteiger partial charge < -0.3 is 4.98 Å². The van der Waals surface area contributed by atoms with Gasteiger partial charge in [-0.1, -0.05) is 19.3 Å². The van der Waals surface area contributed by atoms with Crippen LogP contribution in [0.3, 0.4) is 0 Å². The zero-order valence-electron chi connectivity index (χ0n) is 8.95. The van der Waals surface area contributed by atoms with E-state index in [4.69, 9.17) is 0 Å². The van der Waals surface area contributed by atoms with Gasteiger partial charge in [-0.25, -0.2) is 9.97 Å². The summed E-state index contributed by atoms with van der Waals surface area (Å²) in [6.45, 7) is 2.00. The minimum Gasteiger partial charge on any atom is -0.341 e. The second-order valence-corrected chi connectivity index (χ2v) is 4.51. The molecule has 3 rings (SSSR count). The molecule has 2 aromatic rings. The molecule has 0 amide bonds. The number of hydrogen-bond acceptors (Lipinski definition) is 2. The van der Waals surface area contributed by atoms with Crippen LogP contribution >= 0.6 is 0 Å². The lowest BCUT2D eigenvalue weighted by molar-refractivity contribution is 0.310. The summed E-state index contributed by atoms with van der Waals surface area (Å²) in [5, 5.41) is 0. The molecule has 0 spiro atoms. The van der Waals surface area contributed by atoms with E-state index >= 15 is 0 Å². The van der Waals surface area contributed by atoms with Crippen molar-refractivity contribution in [3.8, 4) is 0 Å². The van der Waals surface area contributed by atoms with Crippen LogP contribution in [0.15, 0.2) is 12.1 Å². The Labute approximate surface area is 88.9 Å². The Morgan fingerprint density at radius 3 is 2.93 bits per heavy atom. The highest BCUT2D eigenvalue weighted by atomic mass is 15.0. The van der Waals surface area contributed by atoms with Gasteiger partial charge in [0.25, 0.3) is 0 Å². The quantitative estimate of drug-likeness (QED) is 0.811. The van der Waals surface area contributed by atoms with E-state index < -0.39 is 0 Å². The van der Waals surface area contributed by atoms with Crippen LogP contribution < -0.4 is 0 Å². The second kappa shape index (κ2) is 3.33. The lowest BCUT2D eigenvalue weighted by atomic mass is 9.83. The van der Waals surface area contributed by atoms with Crippen LogP contribution in [0, 0.1) is 12.8 Å². The fraction of sp³-hybridized carbons (Fsp3) is 0.500. The molecule has 0 radical (unpaired) electrons. The zero-order chi connectivity index (χ0) is 10.3. The molecule has 0 aromatic carbocycles. The number of hydrogen-bond donors (Lipinski definition) is 1. The first-order valence-corrected chi connectivity index (χ1v) is 5.63. The molecule has 0 unspecified atom stereocenters. The van der Waals surface area contributed by atoms with Crippen LogP contribution in [0.1, 0.15) is 30.8 Å². The van der Waals surface area contributed by atoms with E-state index in [-0.39, 0.29) is 0 Å². The summed E-state index contributed by atoms with van der Waals surface area (Å²) >= 11 is 0. The normalized spacial score (nSPS) is 16.9. The average molecular weight is 201 g/mol. The van der Waals surface area contributed by atoms with Crippen molar-refractivity contribution in [1.29, 1.82) is 0 Å². The summed E-state index contributed by atoms with van der Waals surface area (Å²) in [5.41, 5.74) is 2.96. The van der Waals surface area contributed by atoms with Crippen LogP contribution in [0.4, 0.5) is 0 Å². The van der Waals surface area contributed by atoms with Crippen LogP contribution in [0.5, 0.6) is 0 Å². The number of aromatic amines is 1. The van der Waals surface area contributed by atoms with Crippen LogP contribution in [0.2, 0.25) is 0 Å². The Kier molecular flexibility index (Phi) is 1.97. The van der Waals surface area contributed by atoms with Gasteiger partial charge in [-0.05, 0) is 25.0 Å². The Bertz CT molecular complexity index is 483. The molecule has 2 aromatic heterocycles. The predicted molar refractivity (Wildman–Crippen MR) is 59.7 cm³/mol. The summed E-state index contributed by atoms with van der Waals surface area (Å²) in [6, 6.07) is 4.09. The van der Waals surface area contributed by atoms with Crippen molar-refractivity contribution < 1.29 is 0 Å². The number of nitrogens with zero attached hydrogens (tertiary/aromatic N) is 2. The number of imidazole rings is 1.